The van der Waals surface area contributed by atoms with Gasteiger partial charge in [0.05, 0.1) is 0 Å². The summed E-state index contributed by atoms with van der Waals surface area (Å²) in [5.41, 5.74) is 3.76. The normalized spacial score (nSPS) is 11.3. The highest BCUT2D eigenvalue weighted by Crippen LogP contribution is 2.29. The molecule has 154 valence electrons. The highest BCUT2D eigenvalue weighted by atomic mass is 16.2. The fourth-order valence-electron chi connectivity index (χ4n) is 3.69. The molecule has 10 heteroatoms. The summed E-state index contributed by atoms with van der Waals surface area (Å²) in [5, 5.41) is 14.1. The van der Waals surface area contributed by atoms with Crippen LogP contribution in [0.3, 0.4) is 0 Å². The van der Waals surface area contributed by atoms with Crippen LogP contribution in [0.25, 0.3) is 33.7 Å². The predicted molar refractivity (Wildman–Crippen MR) is 114 cm³/mol. The third-order valence-electron chi connectivity index (χ3n) is 5.33. The number of nitrogens with one attached hydrogen (secondary N) is 2. The molecule has 2 N–H and O–H groups in total. The van der Waals surface area contributed by atoms with Crippen LogP contribution in [0.4, 0.5) is 0 Å². The van der Waals surface area contributed by atoms with Crippen LogP contribution in [0, 0.1) is 6.92 Å². The summed E-state index contributed by atoms with van der Waals surface area (Å²) >= 11 is 0. The highest BCUT2D eigenvalue weighted by molar-refractivity contribution is 5.80. The van der Waals surface area contributed by atoms with Crippen LogP contribution < -0.4 is 11.2 Å². The fourth-order valence-corrected chi connectivity index (χ4v) is 3.69. The van der Waals surface area contributed by atoms with Gasteiger partial charge < -0.3 is 4.57 Å². The van der Waals surface area contributed by atoms with Gasteiger partial charge in [-0.3, -0.25) is 14.3 Å². The minimum atomic E-state index is -0.480. The standard InChI is InChI=1S/C21H18N8O2/c1-12-22-19-17(20(30)28(2)21(31)23-19)29(12)11-13-7-9-14(10-8-13)15-5-3-4-6-16(15)18-24-26-27-25-18/h3-10H,11H2,1-2H3,(H,23,31)(H,24,25,26,27). The lowest BCUT2D eigenvalue weighted by molar-refractivity contribution is 0.755. The highest BCUT2D eigenvalue weighted by Gasteiger charge is 2.15. The second-order valence-electron chi connectivity index (χ2n) is 7.23. The molecule has 0 bridgehead atoms. The molecule has 0 fully saturated rings. The summed E-state index contributed by atoms with van der Waals surface area (Å²) in [6, 6.07) is 15.9. The van der Waals surface area contributed by atoms with Crippen molar-refractivity contribution in [3.05, 3.63) is 80.8 Å². The number of imidazole rings is 1. The van der Waals surface area contributed by atoms with E-state index in [1.165, 1.54) is 7.05 Å². The van der Waals surface area contributed by atoms with E-state index in [1.54, 1.807) is 0 Å². The van der Waals surface area contributed by atoms with Gasteiger partial charge in [0.2, 0.25) is 0 Å². The largest absolute Gasteiger partial charge is 0.329 e. The maximum atomic E-state index is 12.6. The molecule has 0 saturated heterocycles. The molecular weight excluding hydrogens is 396 g/mol. The molecule has 3 heterocycles. The van der Waals surface area contributed by atoms with Gasteiger partial charge in [0.15, 0.2) is 17.0 Å². The molecule has 0 aliphatic heterocycles. The van der Waals surface area contributed by atoms with Crippen LogP contribution >= 0.6 is 0 Å². The minimum absolute atomic E-state index is 0.303. The van der Waals surface area contributed by atoms with E-state index in [2.05, 4.69) is 30.6 Å². The lowest BCUT2D eigenvalue weighted by Gasteiger charge is -2.10. The van der Waals surface area contributed by atoms with Crippen LogP contribution in [0.2, 0.25) is 0 Å². The van der Waals surface area contributed by atoms with Crippen molar-refractivity contribution in [3.63, 3.8) is 0 Å². The predicted octanol–water partition coefficient (Wildman–Crippen LogP) is 1.63. The molecule has 3 aromatic heterocycles. The summed E-state index contributed by atoms with van der Waals surface area (Å²) < 4.78 is 2.87. The Morgan fingerprint density at radius 2 is 1.74 bits per heavy atom. The maximum absolute atomic E-state index is 12.6. The first-order valence-electron chi connectivity index (χ1n) is 9.61. The van der Waals surface area contributed by atoms with Crippen molar-refractivity contribution in [1.82, 2.24) is 39.7 Å². The topological polar surface area (TPSA) is 127 Å². The molecule has 31 heavy (non-hydrogen) atoms. The summed E-state index contributed by atoms with van der Waals surface area (Å²) in [6.07, 6.45) is 0. The van der Waals surface area contributed by atoms with Gasteiger partial charge in [0.1, 0.15) is 5.82 Å². The Kier molecular flexibility index (Phi) is 4.32. The first-order chi connectivity index (χ1) is 15.0. The molecule has 5 rings (SSSR count). The van der Waals surface area contributed by atoms with Crippen molar-refractivity contribution < 1.29 is 0 Å². The molecule has 0 radical (unpaired) electrons. The molecule has 5 aromatic rings. The summed E-state index contributed by atoms with van der Waals surface area (Å²) in [7, 11) is 1.45. The van der Waals surface area contributed by atoms with E-state index >= 15 is 0 Å². The zero-order valence-corrected chi connectivity index (χ0v) is 16.8. The van der Waals surface area contributed by atoms with Gasteiger partial charge in [-0.1, -0.05) is 48.5 Å². The zero-order valence-electron chi connectivity index (χ0n) is 16.8. The van der Waals surface area contributed by atoms with Crippen molar-refractivity contribution in [2.45, 2.75) is 13.5 Å². The van der Waals surface area contributed by atoms with Gasteiger partial charge in [-0.05, 0) is 34.0 Å². The van der Waals surface area contributed by atoms with E-state index in [4.69, 9.17) is 0 Å². The van der Waals surface area contributed by atoms with Crippen molar-refractivity contribution in [1.29, 1.82) is 0 Å². The van der Waals surface area contributed by atoms with Crippen molar-refractivity contribution in [2.24, 2.45) is 7.05 Å². The molecule has 0 amide bonds. The Balaban J connectivity index is 1.52. The van der Waals surface area contributed by atoms with Gasteiger partial charge in [0.25, 0.3) is 5.56 Å². The minimum Gasteiger partial charge on any atom is -0.318 e. The summed E-state index contributed by atoms with van der Waals surface area (Å²) in [4.78, 5) is 31.5. The van der Waals surface area contributed by atoms with E-state index in [0.717, 1.165) is 26.8 Å². The average Bonchev–Trinajstić information content (AvgIpc) is 3.41. The van der Waals surface area contributed by atoms with Gasteiger partial charge in [-0.25, -0.2) is 14.9 Å². The number of fused-ring (bicyclic) bond motifs is 1. The molecular formula is C21H18N8O2. The Bertz CT molecular complexity index is 1510. The summed E-state index contributed by atoms with van der Waals surface area (Å²) in [5.74, 6) is 1.26. The monoisotopic (exact) mass is 414 g/mol. The number of aromatic amines is 2. The first-order valence-corrected chi connectivity index (χ1v) is 9.61. The summed E-state index contributed by atoms with van der Waals surface area (Å²) in [6.45, 7) is 2.27. The smallest absolute Gasteiger partial charge is 0.318 e. The SMILES string of the molecule is Cc1nc2[nH]c(=O)n(C)c(=O)c2n1Cc1ccc(-c2ccccc2-c2nnn[nH]2)cc1. The van der Waals surface area contributed by atoms with Crippen LogP contribution in [-0.2, 0) is 13.6 Å². The third kappa shape index (κ3) is 3.14. The Morgan fingerprint density at radius 3 is 2.45 bits per heavy atom. The fraction of sp³-hybridized carbons (Fsp3) is 0.143. The number of nitrogens with zero attached hydrogens (tertiary/aromatic N) is 6. The number of benzene rings is 2. The van der Waals surface area contributed by atoms with Crippen LogP contribution in [0.5, 0.6) is 0 Å². The average molecular weight is 414 g/mol. The van der Waals surface area contributed by atoms with E-state index in [0.29, 0.717) is 29.4 Å². The second-order valence-corrected chi connectivity index (χ2v) is 7.23. The van der Waals surface area contributed by atoms with Crippen LogP contribution in [0.15, 0.2) is 58.1 Å². The number of hydrogen-bond acceptors (Lipinski definition) is 6. The van der Waals surface area contributed by atoms with Crippen LogP contribution in [-0.4, -0.2) is 39.7 Å². The lowest BCUT2D eigenvalue weighted by Crippen LogP contribution is -2.33. The number of hydrogen-bond donors (Lipinski definition) is 2. The second kappa shape index (κ2) is 7.17. The van der Waals surface area contributed by atoms with Crippen LogP contribution in [0.1, 0.15) is 11.4 Å². The lowest BCUT2D eigenvalue weighted by atomic mass is 9.98. The zero-order chi connectivity index (χ0) is 21.5. The molecule has 0 aliphatic rings. The molecule has 0 aliphatic carbocycles. The third-order valence-corrected chi connectivity index (χ3v) is 5.33. The Hall–Kier alpha value is -4.34. The van der Waals surface area contributed by atoms with Gasteiger partial charge in [-0.2, -0.15) is 0 Å². The van der Waals surface area contributed by atoms with Gasteiger partial charge in [-0.15, -0.1) is 5.10 Å². The van der Waals surface area contributed by atoms with E-state index < -0.39 is 5.69 Å². The molecule has 2 aromatic carbocycles. The molecule has 0 atom stereocenters. The number of rotatable bonds is 4. The van der Waals surface area contributed by atoms with E-state index in [-0.39, 0.29) is 5.56 Å². The molecule has 10 nitrogen and oxygen atoms in total. The van der Waals surface area contributed by atoms with Gasteiger partial charge in [0, 0.05) is 19.2 Å². The van der Waals surface area contributed by atoms with Gasteiger partial charge >= 0.3 is 5.69 Å². The van der Waals surface area contributed by atoms with E-state index in [9.17, 15) is 9.59 Å². The van der Waals surface area contributed by atoms with Crippen molar-refractivity contribution in [3.8, 4) is 22.5 Å². The quantitative estimate of drug-likeness (QED) is 0.460. The van der Waals surface area contributed by atoms with E-state index in [1.807, 2.05) is 60.0 Å². The molecule has 0 spiro atoms. The number of aromatic nitrogens is 8. The number of H-pyrrole nitrogens is 2. The number of tetrazole rings is 1. The number of aryl methyl sites for hydroxylation is 1. The first kappa shape index (κ1) is 18.7. The molecule has 0 unspecified atom stereocenters. The maximum Gasteiger partial charge on any atom is 0.329 e. The Labute approximate surface area is 175 Å². The molecule has 0 saturated carbocycles. The Morgan fingerprint density at radius 1 is 1.00 bits per heavy atom. The van der Waals surface area contributed by atoms with Crippen molar-refractivity contribution >= 4 is 11.2 Å². The van der Waals surface area contributed by atoms with Crippen molar-refractivity contribution in [2.75, 3.05) is 0 Å².